The van der Waals surface area contributed by atoms with Gasteiger partial charge in [-0.25, -0.2) is 9.97 Å². The van der Waals surface area contributed by atoms with E-state index in [0.717, 1.165) is 23.6 Å². The van der Waals surface area contributed by atoms with Gasteiger partial charge in [-0.2, -0.15) is 0 Å². The highest BCUT2D eigenvalue weighted by atomic mass is 15.4. The Hall–Kier alpha value is -2.88. The third kappa shape index (κ3) is 3.27. The second-order valence-electron chi connectivity index (χ2n) is 8.12. The van der Waals surface area contributed by atoms with Gasteiger partial charge in [-0.15, -0.1) is 0 Å². The van der Waals surface area contributed by atoms with Crippen molar-refractivity contribution in [2.24, 2.45) is 0 Å². The van der Waals surface area contributed by atoms with E-state index in [9.17, 15) is 0 Å². The highest BCUT2D eigenvalue weighted by molar-refractivity contribution is 5.86. The lowest BCUT2D eigenvalue weighted by atomic mass is 9.75. The van der Waals surface area contributed by atoms with Gasteiger partial charge in [-0.1, -0.05) is 63.6 Å². The van der Waals surface area contributed by atoms with Crippen LogP contribution in [0.3, 0.4) is 0 Å². The molecule has 4 heteroatoms. The van der Waals surface area contributed by atoms with Crippen molar-refractivity contribution in [3.05, 3.63) is 72.7 Å². The second kappa shape index (κ2) is 7.86. The van der Waals surface area contributed by atoms with Crippen molar-refractivity contribution in [3.63, 3.8) is 0 Å². The molecule has 2 atom stereocenters. The predicted molar refractivity (Wildman–Crippen MR) is 121 cm³/mol. The van der Waals surface area contributed by atoms with E-state index >= 15 is 0 Å². The van der Waals surface area contributed by atoms with Gasteiger partial charge in [0.25, 0.3) is 0 Å². The molecule has 0 saturated heterocycles. The zero-order valence-corrected chi connectivity index (χ0v) is 17.8. The van der Waals surface area contributed by atoms with E-state index in [-0.39, 0.29) is 11.6 Å². The van der Waals surface area contributed by atoms with Gasteiger partial charge in [-0.3, -0.25) is 0 Å². The molecule has 0 saturated carbocycles. The number of hydrogen-bond donors (Lipinski definition) is 0. The Balaban J connectivity index is 1.87. The summed E-state index contributed by atoms with van der Waals surface area (Å²) >= 11 is 0. The molecule has 0 radical (unpaired) electrons. The van der Waals surface area contributed by atoms with E-state index in [4.69, 9.17) is 4.98 Å². The zero-order valence-electron chi connectivity index (χ0n) is 17.8. The molecule has 0 bridgehead atoms. The number of benzene rings is 2. The lowest BCUT2D eigenvalue weighted by Crippen LogP contribution is -2.37. The van der Waals surface area contributed by atoms with E-state index in [2.05, 4.69) is 97.1 Å². The van der Waals surface area contributed by atoms with Crippen LogP contribution in [0.5, 0.6) is 0 Å². The first kappa shape index (κ1) is 19.4. The Morgan fingerprint density at radius 1 is 0.931 bits per heavy atom. The SMILES string of the molecule is CCCC(C)(CC)c1ccccc1N1c2ncncc2N(c2ccccc2)C1C. The standard InChI is InChI=1S/C25H30N4/c1-5-16-25(4,6-2)21-14-10-11-15-22(21)29-19(3)28(20-12-8-7-9-13-20)23-17-26-18-27-24(23)29/h7-15,17-19H,5-6,16H2,1-4H3. The number of aromatic nitrogens is 2. The highest BCUT2D eigenvalue weighted by Crippen LogP contribution is 2.49. The van der Waals surface area contributed by atoms with Gasteiger partial charge in [0.1, 0.15) is 18.2 Å². The first-order valence-corrected chi connectivity index (χ1v) is 10.6. The van der Waals surface area contributed by atoms with E-state index in [1.165, 1.54) is 24.1 Å². The summed E-state index contributed by atoms with van der Waals surface area (Å²) in [6.45, 7) is 9.21. The van der Waals surface area contributed by atoms with Gasteiger partial charge in [0.05, 0.1) is 6.20 Å². The van der Waals surface area contributed by atoms with Crippen LogP contribution in [-0.2, 0) is 5.41 Å². The largest absolute Gasteiger partial charge is 0.316 e. The summed E-state index contributed by atoms with van der Waals surface area (Å²) in [5.74, 6) is 0.971. The van der Waals surface area contributed by atoms with Crippen molar-refractivity contribution in [1.82, 2.24) is 9.97 Å². The van der Waals surface area contributed by atoms with Crippen LogP contribution in [0, 0.1) is 0 Å². The smallest absolute Gasteiger partial charge is 0.162 e. The highest BCUT2D eigenvalue weighted by Gasteiger charge is 2.39. The molecule has 4 rings (SSSR count). The van der Waals surface area contributed by atoms with Crippen LogP contribution in [0.25, 0.3) is 0 Å². The van der Waals surface area contributed by atoms with Crippen LogP contribution >= 0.6 is 0 Å². The Kier molecular flexibility index (Phi) is 5.27. The monoisotopic (exact) mass is 386 g/mol. The van der Waals surface area contributed by atoms with Gasteiger partial charge >= 0.3 is 0 Å². The van der Waals surface area contributed by atoms with Gasteiger partial charge in [0, 0.05) is 11.4 Å². The third-order valence-electron chi connectivity index (χ3n) is 6.34. The molecule has 0 spiro atoms. The molecular formula is C25H30N4. The first-order valence-electron chi connectivity index (χ1n) is 10.6. The number of fused-ring (bicyclic) bond motifs is 1. The quantitative estimate of drug-likeness (QED) is 0.479. The van der Waals surface area contributed by atoms with Gasteiger partial charge in [0.15, 0.2) is 5.82 Å². The number of nitrogens with zero attached hydrogens (tertiary/aromatic N) is 4. The van der Waals surface area contributed by atoms with Crippen LogP contribution in [0.4, 0.5) is 22.9 Å². The molecule has 0 aliphatic carbocycles. The van der Waals surface area contributed by atoms with E-state index < -0.39 is 0 Å². The molecule has 2 unspecified atom stereocenters. The van der Waals surface area contributed by atoms with Crippen molar-refractivity contribution >= 4 is 22.9 Å². The summed E-state index contributed by atoms with van der Waals surface area (Å²) in [4.78, 5) is 13.7. The molecule has 1 aromatic heterocycles. The fraction of sp³-hybridized carbons (Fsp3) is 0.360. The minimum Gasteiger partial charge on any atom is -0.316 e. The van der Waals surface area contributed by atoms with Crippen molar-refractivity contribution in [2.75, 3.05) is 9.80 Å². The molecule has 1 aliphatic rings. The Labute approximate surface area is 174 Å². The summed E-state index contributed by atoms with van der Waals surface area (Å²) in [5.41, 5.74) is 4.99. The third-order valence-corrected chi connectivity index (χ3v) is 6.34. The van der Waals surface area contributed by atoms with E-state index in [1.807, 2.05) is 6.20 Å². The summed E-state index contributed by atoms with van der Waals surface area (Å²) < 4.78 is 0. The Morgan fingerprint density at radius 2 is 1.66 bits per heavy atom. The maximum Gasteiger partial charge on any atom is 0.162 e. The molecule has 3 aromatic rings. The number of hydrogen-bond acceptors (Lipinski definition) is 4. The van der Waals surface area contributed by atoms with Crippen LogP contribution in [0.2, 0.25) is 0 Å². The fourth-order valence-corrected chi connectivity index (χ4v) is 4.67. The number of rotatable bonds is 6. The second-order valence-corrected chi connectivity index (χ2v) is 8.12. The van der Waals surface area contributed by atoms with Crippen molar-refractivity contribution in [2.45, 2.75) is 58.5 Å². The van der Waals surface area contributed by atoms with Gasteiger partial charge in [-0.05, 0) is 48.9 Å². The van der Waals surface area contributed by atoms with E-state index in [1.54, 1.807) is 6.33 Å². The van der Waals surface area contributed by atoms with Crippen molar-refractivity contribution in [1.29, 1.82) is 0 Å². The van der Waals surface area contributed by atoms with Crippen molar-refractivity contribution < 1.29 is 0 Å². The minimum absolute atomic E-state index is 0.105. The predicted octanol–water partition coefficient (Wildman–Crippen LogP) is 6.58. The molecule has 2 aromatic carbocycles. The lowest BCUT2D eigenvalue weighted by molar-refractivity contribution is 0.414. The normalized spacial score (nSPS) is 17.9. The Morgan fingerprint density at radius 3 is 2.38 bits per heavy atom. The fourth-order valence-electron chi connectivity index (χ4n) is 4.67. The van der Waals surface area contributed by atoms with E-state index in [0.29, 0.717) is 0 Å². The Bertz CT molecular complexity index is 971. The molecule has 29 heavy (non-hydrogen) atoms. The van der Waals surface area contributed by atoms with Crippen LogP contribution in [-0.4, -0.2) is 16.1 Å². The molecule has 150 valence electrons. The average Bonchev–Trinajstić information content (AvgIpc) is 3.06. The molecule has 0 amide bonds. The summed E-state index contributed by atoms with van der Waals surface area (Å²) in [6, 6.07) is 19.4. The average molecular weight is 387 g/mol. The molecule has 0 N–H and O–H groups in total. The van der Waals surface area contributed by atoms with Crippen LogP contribution < -0.4 is 9.80 Å². The molecule has 4 nitrogen and oxygen atoms in total. The maximum atomic E-state index is 4.71. The van der Waals surface area contributed by atoms with Crippen LogP contribution in [0.1, 0.15) is 52.5 Å². The summed E-state index contributed by atoms with van der Waals surface area (Å²) in [7, 11) is 0. The molecule has 2 heterocycles. The molecule has 1 aliphatic heterocycles. The number of anilines is 4. The van der Waals surface area contributed by atoms with Crippen LogP contribution in [0.15, 0.2) is 67.1 Å². The first-order chi connectivity index (χ1) is 14.1. The van der Waals surface area contributed by atoms with Gasteiger partial charge < -0.3 is 9.80 Å². The topological polar surface area (TPSA) is 32.3 Å². The molecule has 0 fully saturated rings. The molecular weight excluding hydrogens is 356 g/mol. The maximum absolute atomic E-state index is 4.71. The van der Waals surface area contributed by atoms with Gasteiger partial charge in [0.2, 0.25) is 0 Å². The van der Waals surface area contributed by atoms with Crippen molar-refractivity contribution in [3.8, 4) is 0 Å². The number of para-hydroxylation sites is 2. The summed E-state index contributed by atoms with van der Waals surface area (Å²) in [5, 5.41) is 0. The zero-order chi connectivity index (χ0) is 20.4. The summed E-state index contributed by atoms with van der Waals surface area (Å²) in [6.07, 6.45) is 7.14. The minimum atomic E-state index is 0.105. The lowest BCUT2D eigenvalue weighted by Gasteiger charge is -2.36.